The van der Waals surface area contributed by atoms with Gasteiger partial charge in [0, 0.05) is 22.6 Å². The Hall–Kier alpha value is -1.93. The lowest BCUT2D eigenvalue weighted by Gasteiger charge is -2.27. The summed E-state index contributed by atoms with van der Waals surface area (Å²) in [5, 5.41) is 23.0. The van der Waals surface area contributed by atoms with Crippen LogP contribution in [-0.4, -0.2) is 45.0 Å². The fourth-order valence-electron chi connectivity index (χ4n) is 3.97. The molecule has 0 spiro atoms. The lowest BCUT2D eigenvalue weighted by Crippen LogP contribution is -2.53. The number of phenols is 1. The van der Waals surface area contributed by atoms with Gasteiger partial charge in [0.15, 0.2) is 0 Å². The number of phenolic OH excluding ortho intramolecular Hbond substituents is 1. The molecule has 3 N–H and O–H groups in total. The number of hydrogen-bond donors (Lipinski definition) is 3. The number of hydrogen-bond acceptors (Lipinski definition) is 5. The van der Waals surface area contributed by atoms with Gasteiger partial charge in [0.25, 0.3) is 0 Å². The normalized spacial score (nSPS) is 30.7. The molecule has 1 aromatic rings. The first-order valence-electron chi connectivity index (χ1n) is 8.57. The number of carbonyl (C=O) groups is 3. The molecule has 2 heterocycles. The lowest BCUT2D eigenvalue weighted by molar-refractivity contribution is -0.150. The predicted octanol–water partition coefficient (Wildman–Crippen LogP) is 2.04. The Labute approximate surface area is 159 Å². The minimum absolute atomic E-state index is 0.0497. The van der Waals surface area contributed by atoms with Crippen LogP contribution in [0.25, 0.3) is 0 Å². The highest BCUT2D eigenvalue weighted by molar-refractivity contribution is 9.10. The average Bonchev–Trinajstić information content (AvgIpc) is 3.03. The van der Waals surface area contributed by atoms with Gasteiger partial charge in [-0.25, -0.2) is 0 Å². The van der Waals surface area contributed by atoms with Crippen molar-refractivity contribution in [3.05, 3.63) is 28.2 Å². The van der Waals surface area contributed by atoms with Crippen molar-refractivity contribution < 1.29 is 24.6 Å². The van der Waals surface area contributed by atoms with Crippen LogP contribution in [0, 0.1) is 11.8 Å². The van der Waals surface area contributed by atoms with Crippen molar-refractivity contribution in [2.75, 3.05) is 6.54 Å². The quantitative estimate of drug-likeness (QED) is 0.624. The summed E-state index contributed by atoms with van der Waals surface area (Å²) in [5.41, 5.74) is -1.18. The topological polar surface area (TPSA) is 107 Å². The minimum Gasteiger partial charge on any atom is -0.508 e. The molecule has 0 aromatic heterocycles. The number of carboxylic acid groups (broad SMARTS) is 1. The fourth-order valence-corrected chi connectivity index (χ4v) is 4.35. The maximum Gasteiger partial charge on any atom is 0.324 e. The first-order chi connectivity index (χ1) is 12.2. The van der Waals surface area contributed by atoms with E-state index in [0.29, 0.717) is 16.5 Å². The Morgan fingerprint density at radius 2 is 2.04 bits per heavy atom. The zero-order chi connectivity index (χ0) is 19.2. The largest absolute Gasteiger partial charge is 0.508 e. The molecule has 0 aliphatic carbocycles. The number of likely N-dealkylation sites (tertiary alicyclic amines) is 1. The molecule has 2 aliphatic heterocycles. The molecule has 140 valence electrons. The summed E-state index contributed by atoms with van der Waals surface area (Å²) in [4.78, 5) is 39.0. The van der Waals surface area contributed by atoms with Gasteiger partial charge in [-0.05, 0) is 31.5 Å². The monoisotopic (exact) mass is 424 g/mol. The van der Waals surface area contributed by atoms with Crippen molar-refractivity contribution in [2.45, 2.75) is 38.3 Å². The molecule has 1 aromatic carbocycles. The molecular weight excluding hydrogens is 404 g/mol. The number of aliphatic carboxylic acids is 1. The van der Waals surface area contributed by atoms with Gasteiger partial charge in [-0.3, -0.25) is 24.6 Å². The summed E-state index contributed by atoms with van der Waals surface area (Å²) < 4.78 is 0.687. The summed E-state index contributed by atoms with van der Waals surface area (Å²) in [6.45, 7) is 3.67. The van der Waals surface area contributed by atoms with Crippen molar-refractivity contribution in [3.8, 4) is 5.75 Å². The van der Waals surface area contributed by atoms with E-state index in [-0.39, 0.29) is 18.2 Å². The Balaban J connectivity index is 2.08. The zero-order valence-electron chi connectivity index (χ0n) is 14.5. The molecule has 0 bridgehead atoms. The van der Waals surface area contributed by atoms with Crippen molar-refractivity contribution in [1.82, 2.24) is 10.2 Å². The number of aromatic hydroxyl groups is 1. The highest BCUT2D eigenvalue weighted by atomic mass is 79.9. The van der Waals surface area contributed by atoms with Gasteiger partial charge >= 0.3 is 5.97 Å². The molecule has 4 atom stereocenters. The molecule has 2 fully saturated rings. The number of unbranched alkanes of at least 4 members (excludes halogenated alkanes) is 1. The number of nitrogens with one attached hydrogen (secondary N) is 1. The van der Waals surface area contributed by atoms with Gasteiger partial charge < -0.3 is 10.2 Å². The van der Waals surface area contributed by atoms with Crippen molar-refractivity contribution in [1.29, 1.82) is 0 Å². The van der Waals surface area contributed by atoms with E-state index in [9.17, 15) is 24.6 Å². The SMILES string of the molecule is CCCCN1C(=O)[C@@H]2[C@@H](C1=O)[C@](C)(C(=O)O)N[C@H]2c1cc(Br)ccc1O. The first-order valence-corrected chi connectivity index (χ1v) is 9.36. The van der Waals surface area contributed by atoms with E-state index in [1.807, 2.05) is 6.92 Å². The number of imide groups is 1. The van der Waals surface area contributed by atoms with Crippen LogP contribution in [-0.2, 0) is 14.4 Å². The number of nitrogens with zero attached hydrogens (tertiary/aromatic N) is 1. The van der Waals surface area contributed by atoms with Gasteiger partial charge in [0.2, 0.25) is 11.8 Å². The van der Waals surface area contributed by atoms with Gasteiger partial charge in [-0.15, -0.1) is 0 Å². The third kappa shape index (κ3) is 2.72. The summed E-state index contributed by atoms with van der Waals surface area (Å²) >= 11 is 3.33. The Bertz CT molecular complexity index is 783. The van der Waals surface area contributed by atoms with E-state index in [1.54, 1.807) is 12.1 Å². The van der Waals surface area contributed by atoms with Crippen LogP contribution in [0.4, 0.5) is 0 Å². The molecule has 0 unspecified atom stereocenters. The first kappa shape index (κ1) is 18.8. The van der Waals surface area contributed by atoms with Crippen molar-refractivity contribution in [3.63, 3.8) is 0 Å². The highest BCUT2D eigenvalue weighted by Gasteiger charge is 2.66. The number of carboxylic acids is 1. The summed E-state index contributed by atoms with van der Waals surface area (Å²) in [5.74, 6) is -3.94. The van der Waals surface area contributed by atoms with Crippen molar-refractivity contribution >= 4 is 33.7 Å². The number of carbonyl (C=O) groups excluding carboxylic acids is 2. The molecular formula is C18H21BrN2O5. The van der Waals surface area contributed by atoms with E-state index >= 15 is 0 Å². The second-order valence-electron chi connectivity index (χ2n) is 7.02. The molecule has 2 amide bonds. The van der Waals surface area contributed by atoms with Gasteiger partial charge in [-0.2, -0.15) is 0 Å². The Morgan fingerprint density at radius 3 is 2.65 bits per heavy atom. The van der Waals surface area contributed by atoms with E-state index in [2.05, 4.69) is 21.2 Å². The molecule has 0 saturated carbocycles. The van der Waals surface area contributed by atoms with Gasteiger partial charge in [0.1, 0.15) is 11.3 Å². The fraction of sp³-hybridized carbons (Fsp3) is 0.500. The summed E-state index contributed by atoms with van der Waals surface area (Å²) in [6.07, 6.45) is 1.48. The Morgan fingerprint density at radius 1 is 1.35 bits per heavy atom. The molecule has 2 aliphatic rings. The van der Waals surface area contributed by atoms with Crippen LogP contribution in [0.5, 0.6) is 5.75 Å². The van der Waals surface area contributed by atoms with E-state index < -0.39 is 35.3 Å². The van der Waals surface area contributed by atoms with E-state index in [1.165, 1.54) is 17.9 Å². The number of halogens is 1. The van der Waals surface area contributed by atoms with Crippen LogP contribution in [0.1, 0.15) is 38.3 Å². The number of rotatable bonds is 5. The number of fused-ring (bicyclic) bond motifs is 1. The van der Waals surface area contributed by atoms with Gasteiger partial charge in [0.05, 0.1) is 11.8 Å². The maximum atomic E-state index is 13.0. The summed E-state index contributed by atoms with van der Waals surface area (Å²) in [7, 11) is 0. The highest BCUT2D eigenvalue weighted by Crippen LogP contribution is 2.50. The number of amides is 2. The van der Waals surface area contributed by atoms with Crippen LogP contribution >= 0.6 is 15.9 Å². The third-order valence-corrected chi connectivity index (χ3v) is 5.88. The standard InChI is InChI=1S/C18H21BrN2O5/c1-3-4-7-21-15(23)12-13(16(21)24)18(2,17(25)26)20-14(12)10-8-9(19)5-6-11(10)22/h5-6,8,12-14,20,22H,3-4,7H2,1-2H3,(H,25,26)/t12-,13+,14+,18-/m1/s1. The molecule has 0 radical (unpaired) electrons. The summed E-state index contributed by atoms with van der Waals surface area (Å²) in [6, 6.07) is 4.01. The van der Waals surface area contributed by atoms with Crippen LogP contribution in [0.15, 0.2) is 22.7 Å². The maximum absolute atomic E-state index is 13.0. The minimum atomic E-state index is -1.59. The van der Waals surface area contributed by atoms with Crippen LogP contribution in [0.2, 0.25) is 0 Å². The van der Waals surface area contributed by atoms with Crippen molar-refractivity contribution in [2.24, 2.45) is 11.8 Å². The smallest absolute Gasteiger partial charge is 0.324 e. The molecule has 8 heteroatoms. The van der Waals surface area contributed by atoms with Crippen LogP contribution in [0.3, 0.4) is 0 Å². The number of benzene rings is 1. The van der Waals surface area contributed by atoms with Gasteiger partial charge in [-0.1, -0.05) is 29.3 Å². The predicted molar refractivity (Wildman–Crippen MR) is 96.3 cm³/mol. The second-order valence-corrected chi connectivity index (χ2v) is 7.93. The lowest BCUT2D eigenvalue weighted by atomic mass is 9.80. The Kier molecular flexibility index (Phi) is 4.83. The average molecular weight is 425 g/mol. The zero-order valence-corrected chi connectivity index (χ0v) is 16.1. The van der Waals surface area contributed by atoms with E-state index in [4.69, 9.17) is 0 Å². The molecule has 2 saturated heterocycles. The second kappa shape index (κ2) is 6.66. The molecule has 7 nitrogen and oxygen atoms in total. The van der Waals surface area contributed by atoms with E-state index in [0.717, 1.165) is 6.42 Å². The van der Waals surface area contributed by atoms with Crippen LogP contribution < -0.4 is 5.32 Å². The molecule has 26 heavy (non-hydrogen) atoms. The third-order valence-electron chi connectivity index (χ3n) is 5.38. The molecule has 3 rings (SSSR count).